The number of carbonyl (C=O) groups excluding carboxylic acids is 1. The number of piperidine rings is 1. The summed E-state index contributed by atoms with van der Waals surface area (Å²) < 4.78 is 1.80. The minimum Gasteiger partial charge on any atom is -0.346 e. The van der Waals surface area contributed by atoms with Crippen LogP contribution in [0.1, 0.15) is 30.3 Å². The molecule has 1 aromatic carbocycles. The zero-order valence-corrected chi connectivity index (χ0v) is 14.5. The predicted molar refractivity (Wildman–Crippen MR) is 95.3 cm³/mol. The molecule has 1 aliphatic heterocycles. The number of benzene rings is 1. The Morgan fingerprint density at radius 3 is 2.85 bits per heavy atom. The van der Waals surface area contributed by atoms with Gasteiger partial charge in [-0.2, -0.15) is 20.1 Å². The molecule has 1 saturated heterocycles. The minimum absolute atomic E-state index is 0.0734. The highest BCUT2D eigenvalue weighted by Crippen LogP contribution is 2.24. The second-order valence-corrected chi connectivity index (χ2v) is 6.41. The molecule has 2 atom stereocenters. The maximum atomic E-state index is 11.9. The van der Waals surface area contributed by atoms with Gasteiger partial charge >= 0.3 is 0 Å². The zero-order chi connectivity index (χ0) is 17.9. The van der Waals surface area contributed by atoms with Gasteiger partial charge in [-0.1, -0.05) is 18.2 Å². The molecule has 0 spiro atoms. The average molecular weight is 351 g/mol. The van der Waals surface area contributed by atoms with E-state index in [1.54, 1.807) is 21.9 Å². The smallest absolute Gasteiger partial charge is 0.220 e. The van der Waals surface area contributed by atoms with E-state index in [0.717, 1.165) is 23.5 Å². The minimum atomic E-state index is -0.104. The fourth-order valence-electron chi connectivity index (χ4n) is 3.29. The zero-order valence-electron chi connectivity index (χ0n) is 14.5. The fourth-order valence-corrected chi connectivity index (χ4v) is 3.29. The van der Waals surface area contributed by atoms with E-state index in [1.165, 1.54) is 0 Å². The van der Waals surface area contributed by atoms with Crippen molar-refractivity contribution in [3.05, 3.63) is 60.2 Å². The van der Waals surface area contributed by atoms with Crippen LogP contribution >= 0.6 is 0 Å². The molecular weight excluding hydrogens is 330 g/mol. The van der Waals surface area contributed by atoms with Crippen molar-refractivity contribution in [2.24, 2.45) is 7.05 Å². The van der Waals surface area contributed by atoms with E-state index in [9.17, 15) is 4.79 Å². The number of nitrogens with one attached hydrogen (secondary N) is 2. The summed E-state index contributed by atoms with van der Waals surface area (Å²) in [7, 11) is 1.89. The molecule has 2 aromatic heterocycles. The molecule has 0 bridgehead atoms. The summed E-state index contributed by atoms with van der Waals surface area (Å²) >= 11 is 0. The van der Waals surface area contributed by atoms with Gasteiger partial charge in [0, 0.05) is 32.3 Å². The summed E-state index contributed by atoms with van der Waals surface area (Å²) in [4.78, 5) is 13.5. The number of carbonyl (C=O) groups is 1. The van der Waals surface area contributed by atoms with Crippen molar-refractivity contribution >= 4 is 5.91 Å². The van der Waals surface area contributed by atoms with Crippen molar-refractivity contribution in [1.82, 2.24) is 35.4 Å². The topological polar surface area (TPSA) is 89.7 Å². The Morgan fingerprint density at radius 2 is 2.08 bits per heavy atom. The number of amides is 1. The van der Waals surface area contributed by atoms with E-state index in [2.05, 4.69) is 25.9 Å². The summed E-state index contributed by atoms with van der Waals surface area (Å²) in [6, 6.07) is 11.8. The number of rotatable bonds is 5. The third-order valence-electron chi connectivity index (χ3n) is 4.65. The number of hydrogen-bond acceptors (Lipinski definition) is 5. The Morgan fingerprint density at radius 1 is 1.23 bits per heavy atom. The maximum Gasteiger partial charge on any atom is 0.220 e. The molecule has 8 heteroatoms. The predicted octanol–water partition coefficient (Wildman–Crippen LogP) is 1.11. The molecule has 1 fully saturated rings. The van der Waals surface area contributed by atoms with Gasteiger partial charge < -0.3 is 10.6 Å². The van der Waals surface area contributed by atoms with Crippen molar-refractivity contribution < 1.29 is 4.79 Å². The van der Waals surface area contributed by atoms with Gasteiger partial charge in [0.15, 0.2) is 0 Å². The molecule has 3 heterocycles. The van der Waals surface area contributed by atoms with E-state index < -0.39 is 0 Å². The highest BCUT2D eigenvalue weighted by atomic mass is 16.1. The second kappa shape index (κ2) is 7.09. The van der Waals surface area contributed by atoms with E-state index in [4.69, 9.17) is 0 Å². The first kappa shape index (κ1) is 16.5. The Balaban J connectivity index is 1.45. The molecule has 0 saturated carbocycles. The van der Waals surface area contributed by atoms with Crippen LogP contribution in [0.4, 0.5) is 0 Å². The molecule has 3 aromatic rings. The lowest BCUT2D eigenvalue weighted by atomic mass is 9.95. The van der Waals surface area contributed by atoms with E-state index in [1.807, 2.05) is 43.4 Å². The van der Waals surface area contributed by atoms with Gasteiger partial charge in [0.1, 0.15) is 0 Å². The average Bonchev–Trinajstić information content (AvgIpc) is 3.30. The first-order chi connectivity index (χ1) is 12.7. The second-order valence-electron chi connectivity index (χ2n) is 6.41. The van der Waals surface area contributed by atoms with Gasteiger partial charge in [-0.05, 0) is 24.6 Å². The van der Waals surface area contributed by atoms with Crippen LogP contribution in [0.2, 0.25) is 0 Å². The lowest BCUT2D eigenvalue weighted by Gasteiger charge is -2.32. The van der Waals surface area contributed by atoms with Crippen molar-refractivity contribution in [2.45, 2.75) is 31.5 Å². The first-order valence-corrected chi connectivity index (χ1v) is 8.68. The van der Waals surface area contributed by atoms with Gasteiger partial charge in [0.2, 0.25) is 5.91 Å². The SMILES string of the molecule is Cn1nccc1[C@@H]1NC(=O)CC[C@H]1NCc1cnn(-c2ccccc2)n1. The van der Waals surface area contributed by atoms with Gasteiger partial charge in [-0.25, -0.2) is 0 Å². The van der Waals surface area contributed by atoms with Crippen LogP contribution in [0.25, 0.3) is 5.69 Å². The molecule has 2 N–H and O–H groups in total. The van der Waals surface area contributed by atoms with Crippen LogP contribution in [-0.4, -0.2) is 36.7 Å². The Bertz CT molecular complexity index is 886. The van der Waals surface area contributed by atoms with Crippen LogP contribution in [0.15, 0.2) is 48.8 Å². The summed E-state index contributed by atoms with van der Waals surface area (Å²) in [6.07, 6.45) is 4.80. The molecule has 8 nitrogen and oxygen atoms in total. The van der Waals surface area contributed by atoms with Crippen LogP contribution in [0, 0.1) is 0 Å². The van der Waals surface area contributed by atoms with Crippen LogP contribution < -0.4 is 10.6 Å². The molecule has 26 heavy (non-hydrogen) atoms. The maximum absolute atomic E-state index is 11.9. The van der Waals surface area contributed by atoms with Gasteiger partial charge in [-0.3, -0.25) is 9.48 Å². The summed E-state index contributed by atoms with van der Waals surface area (Å²) in [5.41, 5.74) is 2.77. The highest BCUT2D eigenvalue weighted by molar-refractivity contribution is 5.77. The lowest BCUT2D eigenvalue weighted by Crippen LogP contribution is -2.48. The molecule has 1 aliphatic rings. The summed E-state index contributed by atoms with van der Waals surface area (Å²) in [5.74, 6) is 0.0734. The van der Waals surface area contributed by atoms with E-state index in [0.29, 0.717) is 13.0 Å². The van der Waals surface area contributed by atoms with Gasteiger partial charge in [0.05, 0.1) is 29.3 Å². The number of hydrogen-bond donors (Lipinski definition) is 2. The lowest BCUT2D eigenvalue weighted by molar-refractivity contribution is -0.124. The molecule has 134 valence electrons. The van der Waals surface area contributed by atoms with E-state index in [-0.39, 0.29) is 18.0 Å². The third kappa shape index (κ3) is 3.36. The van der Waals surface area contributed by atoms with Gasteiger partial charge in [-0.15, -0.1) is 0 Å². The number of nitrogens with zero attached hydrogens (tertiary/aromatic N) is 5. The molecular formula is C18H21N7O. The monoisotopic (exact) mass is 351 g/mol. The Labute approximate surface area is 151 Å². The van der Waals surface area contributed by atoms with Gasteiger partial charge in [0.25, 0.3) is 0 Å². The summed E-state index contributed by atoms with van der Waals surface area (Å²) in [5, 5.41) is 19.7. The van der Waals surface area contributed by atoms with Crippen molar-refractivity contribution in [1.29, 1.82) is 0 Å². The molecule has 0 unspecified atom stereocenters. The van der Waals surface area contributed by atoms with Crippen molar-refractivity contribution in [3.63, 3.8) is 0 Å². The van der Waals surface area contributed by atoms with Crippen LogP contribution in [-0.2, 0) is 18.4 Å². The largest absolute Gasteiger partial charge is 0.346 e. The van der Waals surface area contributed by atoms with Crippen LogP contribution in [0.3, 0.4) is 0 Å². The van der Waals surface area contributed by atoms with Crippen molar-refractivity contribution in [3.8, 4) is 5.69 Å². The van der Waals surface area contributed by atoms with E-state index >= 15 is 0 Å². The number of aromatic nitrogens is 5. The quantitative estimate of drug-likeness (QED) is 0.719. The Hall–Kier alpha value is -3.00. The molecule has 4 rings (SSSR count). The standard InChI is InChI=1S/C18H21N7O/c1-24-16(9-10-20-24)18-15(7-8-17(26)22-18)19-11-13-12-21-25(23-13)14-5-3-2-4-6-14/h2-6,9-10,12,15,18-19H,7-8,11H2,1H3,(H,22,26)/t15-,18-/m1/s1. The normalized spacial score (nSPS) is 20.1. The Kier molecular flexibility index (Phi) is 4.49. The van der Waals surface area contributed by atoms with Crippen LogP contribution in [0.5, 0.6) is 0 Å². The van der Waals surface area contributed by atoms with Crippen molar-refractivity contribution in [2.75, 3.05) is 0 Å². The molecule has 1 amide bonds. The summed E-state index contributed by atoms with van der Waals surface area (Å²) in [6.45, 7) is 0.585. The number of aryl methyl sites for hydroxylation is 1. The molecule has 0 radical (unpaired) electrons. The molecule has 0 aliphatic carbocycles. The fraction of sp³-hybridized carbons (Fsp3) is 0.333. The first-order valence-electron chi connectivity index (χ1n) is 8.68. The highest BCUT2D eigenvalue weighted by Gasteiger charge is 2.31. The number of para-hydroxylation sites is 1. The third-order valence-corrected chi connectivity index (χ3v) is 4.65.